The average molecular weight is 458 g/mol. The molecule has 0 fully saturated rings. The smallest absolute Gasteiger partial charge is 0.166 e. The lowest BCUT2D eigenvalue weighted by Gasteiger charge is -2.24. The van der Waals surface area contributed by atoms with E-state index in [2.05, 4.69) is 6.92 Å². The van der Waals surface area contributed by atoms with Crippen LogP contribution in [0, 0.1) is 0 Å². The van der Waals surface area contributed by atoms with Gasteiger partial charge in [0.25, 0.3) is 0 Å². The molecule has 2 heterocycles. The van der Waals surface area contributed by atoms with E-state index < -0.39 is 0 Å². The van der Waals surface area contributed by atoms with Gasteiger partial charge in [-0.15, -0.1) is 0 Å². The van der Waals surface area contributed by atoms with E-state index in [1.807, 2.05) is 48.7 Å². The second-order valence-electron chi connectivity index (χ2n) is 8.38. The van der Waals surface area contributed by atoms with Crippen molar-refractivity contribution in [3.8, 4) is 28.4 Å². The normalized spacial score (nSPS) is 15.3. The molecule has 1 atom stereocenters. The first-order valence-corrected chi connectivity index (χ1v) is 11.4. The molecule has 0 bridgehead atoms. The van der Waals surface area contributed by atoms with E-state index in [-0.39, 0.29) is 11.7 Å². The maximum atomic E-state index is 13.1. The molecule has 2 aromatic carbocycles. The highest BCUT2D eigenvalue weighted by Crippen LogP contribution is 2.39. The van der Waals surface area contributed by atoms with Crippen molar-refractivity contribution >= 4 is 11.4 Å². The second kappa shape index (κ2) is 8.82. The van der Waals surface area contributed by atoms with Gasteiger partial charge < -0.3 is 14.2 Å². The molecule has 0 saturated carbocycles. The number of nitrogens with zero attached hydrogens (tertiary/aromatic N) is 3. The summed E-state index contributed by atoms with van der Waals surface area (Å²) in [5.41, 5.74) is 6.01. The van der Waals surface area contributed by atoms with Crippen molar-refractivity contribution in [1.29, 1.82) is 0 Å². The minimum atomic E-state index is 0.0178. The van der Waals surface area contributed by atoms with Crippen LogP contribution in [0.4, 0.5) is 0 Å². The van der Waals surface area contributed by atoms with Crippen LogP contribution in [-0.4, -0.2) is 41.7 Å². The van der Waals surface area contributed by atoms with Crippen molar-refractivity contribution in [3.63, 3.8) is 0 Å². The number of ketones is 1. The molecule has 4 aromatic rings. The quantitative estimate of drug-likeness (QED) is 0.410. The highest BCUT2D eigenvalue weighted by molar-refractivity contribution is 5.99. The molecule has 1 aliphatic rings. The average Bonchev–Trinajstić information content (AvgIpc) is 3.24. The van der Waals surface area contributed by atoms with Gasteiger partial charge in [-0.25, -0.2) is 9.50 Å². The zero-order valence-corrected chi connectivity index (χ0v) is 19.8. The Morgan fingerprint density at radius 1 is 0.971 bits per heavy atom. The number of hydrogen-bond donors (Lipinski definition) is 0. The van der Waals surface area contributed by atoms with E-state index in [0.29, 0.717) is 29.9 Å². The van der Waals surface area contributed by atoms with Gasteiger partial charge in [0.15, 0.2) is 22.9 Å². The van der Waals surface area contributed by atoms with Crippen LogP contribution in [0.1, 0.15) is 46.6 Å². The standard InChI is InChI=1S/C27H27N3O4/c1-5-20-26(16-10-11-24(33-3)25(14-16)34-4)27-28-21-12-17(18-8-6-7-9-23(18)32-2)13-22(31)19(21)15-30(27)29-20/h6-11,14-15,17H,5,12-13H2,1-4H3. The van der Waals surface area contributed by atoms with E-state index in [0.717, 1.165) is 45.9 Å². The van der Waals surface area contributed by atoms with Crippen LogP contribution in [0.5, 0.6) is 17.2 Å². The predicted octanol–water partition coefficient (Wildman–Crippen LogP) is 4.90. The first kappa shape index (κ1) is 21.9. The Balaban J connectivity index is 1.64. The highest BCUT2D eigenvalue weighted by atomic mass is 16.5. The summed E-state index contributed by atoms with van der Waals surface area (Å²) in [7, 11) is 4.90. The molecule has 2 aromatic heterocycles. The van der Waals surface area contributed by atoms with Crippen LogP contribution in [0.25, 0.3) is 16.8 Å². The van der Waals surface area contributed by atoms with Gasteiger partial charge in [0.1, 0.15) is 5.75 Å². The van der Waals surface area contributed by atoms with Crippen molar-refractivity contribution < 1.29 is 19.0 Å². The molecule has 0 N–H and O–H groups in total. The summed E-state index contributed by atoms with van der Waals surface area (Å²) in [5, 5.41) is 4.76. The van der Waals surface area contributed by atoms with Gasteiger partial charge >= 0.3 is 0 Å². The van der Waals surface area contributed by atoms with Gasteiger partial charge in [0.05, 0.1) is 38.3 Å². The number of ether oxygens (including phenoxy) is 3. The van der Waals surface area contributed by atoms with Gasteiger partial charge in [-0.3, -0.25) is 4.79 Å². The van der Waals surface area contributed by atoms with Crippen molar-refractivity contribution in [1.82, 2.24) is 14.6 Å². The number of carbonyl (C=O) groups excluding carboxylic acids is 1. The molecule has 1 aliphatic carbocycles. The molecule has 174 valence electrons. The summed E-state index contributed by atoms with van der Waals surface area (Å²) >= 11 is 0. The molecule has 0 radical (unpaired) electrons. The first-order chi connectivity index (χ1) is 16.6. The van der Waals surface area contributed by atoms with E-state index in [1.165, 1.54) is 0 Å². The Morgan fingerprint density at radius 2 is 1.74 bits per heavy atom. The minimum Gasteiger partial charge on any atom is -0.496 e. The number of methoxy groups -OCH3 is 3. The summed E-state index contributed by atoms with van der Waals surface area (Å²) in [6.07, 6.45) is 3.65. The van der Waals surface area contributed by atoms with Crippen LogP contribution >= 0.6 is 0 Å². The van der Waals surface area contributed by atoms with Crippen molar-refractivity contribution in [2.45, 2.75) is 32.1 Å². The topological polar surface area (TPSA) is 75.0 Å². The van der Waals surface area contributed by atoms with Gasteiger partial charge in [-0.2, -0.15) is 5.10 Å². The number of Topliss-reactive ketones (excluding diaryl/α,β-unsaturated/α-hetero) is 1. The van der Waals surface area contributed by atoms with Crippen molar-refractivity contribution in [3.05, 3.63) is 71.2 Å². The molecule has 0 amide bonds. The zero-order valence-electron chi connectivity index (χ0n) is 19.8. The first-order valence-electron chi connectivity index (χ1n) is 11.4. The molecule has 5 rings (SSSR count). The van der Waals surface area contributed by atoms with Crippen molar-refractivity contribution in [2.24, 2.45) is 0 Å². The third-order valence-electron chi connectivity index (χ3n) is 6.52. The number of para-hydroxylation sites is 1. The summed E-state index contributed by atoms with van der Waals surface area (Å²) in [4.78, 5) is 18.2. The van der Waals surface area contributed by atoms with Gasteiger partial charge in [-0.1, -0.05) is 31.2 Å². The molecule has 7 nitrogen and oxygen atoms in total. The highest BCUT2D eigenvalue weighted by Gasteiger charge is 2.30. The van der Waals surface area contributed by atoms with Crippen LogP contribution in [-0.2, 0) is 12.8 Å². The number of hydrogen-bond acceptors (Lipinski definition) is 6. The molecule has 34 heavy (non-hydrogen) atoms. The number of carbonyl (C=O) groups is 1. The van der Waals surface area contributed by atoms with Crippen LogP contribution in [0.2, 0.25) is 0 Å². The predicted molar refractivity (Wildman–Crippen MR) is 129 cm³/mol. The fourth-order valence-electron chi connectivity index (χ4n) is 4.84. The second-order valence-corrected chi connectivity index (χ2v) is 8.38. The summed E-state index contributed by atoms with van der Waals surface area (Å²) in [5.74, 6) is 2.20. The Kier molecular flexibility index (Phi) is 5.69. The number of aromatic nitrogens is 3. The summed E-state index contributed by atoms with van der Waals surface area (Å²) < 4.78 is 18.2. The largest absolute Gasteiger partial charge is 0.496 e. The van der Waals surface area contributed by atoms with Gasteiger partial charge in [0, 0.05) is 24.1 Å². The maximum Gasteiger partial charge on any atom is 0.166 e. The lowest BCUT2D eigenvalue weighted by atomic mass is 9.82. The minimum absolute atomic E-state index is 0.0178. The summed E-state index contributed by atoms with van der Waals surface area (Å²) in [6, 6.07) is 13.7. The number of rotatable bonds is 6. The molecule has 0 saturated heterocycles. The van der Waals surface area contributed by atoms with Crippen molar-refractivity contribution in [2.75, 3.05) is 21.3 Å². The number of benzene rings is 2. The Bertz CT molecular complexity index is 1390. The number of fused-ring (bicyclic) bond motifs is 2. The van der Waals surface area contributed by atoms with E-state index >= 15 is 0 Å². The summed E-state index contributed by atoms with van der Waals surface area (Å²) in [6.45, 7) is 2.06. The molecule has 0 spiro atoms. The van der Waals surface area contributed by atoms with Crippen LogP contribution < -0.4 is 14.2 Å². The molecule has 0 aliphatic heterocycles. The monoisotopic (exact) mass is 457 g/mol. The molecule has 7 heteroatoms. The van der Waals surface area contributed by atoms with Gasteiger partial charge in [0.2, 0.25) is 0 Å². The zero-order chi connectivity index (χ0) is 23.8. The van der Waals surface area contributed by atoms with E-state index in [9.17, 15) is 4.79 Å². The van der Waals surface area contributed by atoms with E-state index in [1.54, 1.807) is 25.8 Å². The molecular formula is C27H27N3O4. The Labute approximate surface area is 198 Å². The Hall–Kier alpha value is -3.87. The van der Waals surface area contributed by atoms with Crippen LogP contribution in [0.3, 0.4) is 0 Å². The van der Waals surface area contributed by atoms with Crippen LogP contribution in [0.15, 0.2) is 48.7 Å². The fourth-order valence-corrected chi connectivity index (χ4v) is 4.84. The SMILES string of the molecule is CCc1nn2cc3c(nc2c1-c1ccc(OC)c(OC)c1)CC(c1ccccc1OC)CC3=O. The lowest BCUT2D eigenvalue weighted by molar-refractivity contribution is 0.0962. The number of aryl methyl sites for hydroxylation is 1. The fraction of sp³-hybridized carbons (Fsp3) is 0.296. The lowest BCUT2D eigenvalue weighted by Crippen LogP contribution is -2.21. The third-order valence-corrected chi connectivity index (χ3v) is 6.52. The maximum absolute atomic E-state index is 13.1. The third kappa shape index (κ3) is 3.57. The molecule has 1 unspecified atom stereocenters. The van der Waals surface area contributed by atoms with Gasteiger partial charge in [-0.05, 0) is 42.2 Å². The molecular weight excluding hydrogens is 430 g/mol. The van der Waals surface area contributed by atoms with E-state index in [4.69, 9.17) is 24.3 Å². The Morgan fingerprint density at radius 3 is 2.47 bits per heavy atom.